The van der Waals surface area contributed by atoms with Crippen LogP contribution in [0.4, 0.5) is 10.7 Å². The summed E-state index contributed by atoms with van der Waals surface area (Å²) < 4.78 is 10.8. The van der Waals surface area contributed by atoms with Gasteiger partial charge in [-0.1, -0.05) is 6.07 Å². The van der Waals surface area contributed by atoms with Crippen LogP contribution in [0.5, 0.6) is 5.88 Å². The molecule has 2 heterocycles. The molecule has 0 spiro atoms. The van der Waals surface area contributed by atoms with Crippen LogP contribution in [0.25, 0.3) is 22.0 Å². The number of benzene rings is 1. The molecule has 1 saturated carbocycles. The van der Waals surface area contributed by atoms with Gasteiger partial charge in [0.15, 0.2) is 0 Å². The number of carbonyl (C=O) groups is 1. The van der Waals surface area contributed by atoms with Gasteiger partial charge in [-0.25, -0.2) is 19.7 Å². The molecular weight excluding hydrogens is 418 g/mol. The maximum Gasteiger partial charge on any atom is 0.407 e. The Balaban J connectivity index is 1.46. The summed E-state index contributed by atoms with van der Waals surface area (Å²) in [5, 5.41) is 7.40. The number of carbonyl (C=O) groups excluding carboxylic acids is 1. The maximum atomic E-state index is 12.1. The molecule has 1 amide bonds. The lowest BCUT2D eigenvalue weighted by Crippen LogP contribution is -2.38. The Labute approximate surface area is 194 Å². The van der Waals surface area contributed by atoms with Crippen LogP contribution < -0.4 is 15.4 Å². The highest BCUT2D eigenvalue weighted by Crippen LogP contribution is 2.31. The summed E-state index contributed by atoms with van der Waals surface area (Å²) in [5.41, 5.74) is 3.20. The van der Waals surface area contributed by atoms with Gasteiger partial charge in [-0.3, -0.25) is 0 Å². The number of rotatable bonds is 5. The molecule has 174 valence electrons. The van der Waals surface area contributed by atoms with Gasteiger partial charge in [-0.05, 0) is 76.8 Å². The smallest absolute Gasteiger partial charge is 0.407 e. The number of ether oxygens (including phenoxy) is 2. The summed E-state index contributed by atoms with van der Waals surface area (Å²) >= 11 is 0. The van der Waals surface area contributed by atoms with E-state index in [4.69, 9.17) is 19.4 Å². The Morgan fingerprint density at radius 3 is 2.67 bits per heavy atom. The zero-order valence-corrected chi connectivity index (χ0v) is 19.8. The minimum absolute atomic E-state index is 0.0796. The van der Waals surface area contributed by atoms with E-state index in [1.165, 1.54) is 0 Å². The largest absolute Gasteiger partial charge is 0.481 e. The molecule has 2 N–H and O–H groups in total. The molecule has 1 aromatic carbocycles. The molecule has 0 unspecified atom stereocenters. The minimum atomic E-state index is -0.501. The van der Waals surface area contributed by atoms with Crippen molar-refractivity contribution in [2.75, 3.05) is 12.4 Å². The summed E-state index contributed by atoms with van der Waals surface area (Å²) in [7, 11) is 1.62. The van der Waals surface area contributed by atoms with Crippen LogP contribution in [0.15, 0.2) is 36.5 Å². The maximum absolute atomic E-state index is 12.1. The van der Waals surface area contributed by atoms with Gasteiger partial charge in [0, 0.05) is 29.2 Å². The molecule has 0 saturated heterocycles. The normalized spacial score (nSPS) is 18.2. The van der Waals surface area contributed by atoms with Gasteiger partial charge in [0.1, 0.15) is 5.60 Å². The SMILES string of the molecule is COc1ncccc1-c1ccc2nc(N[C@@H]3CC[C@H](NC(=O)OC(C)(C)C)C3)nc(C)c2c1. The number of hydrogen-bond acceptors (Lipinski definition) is 7. The van der Waals surface area contributed by atoms with Crippen LogP contribution >= 0.6 is 0 Å². The number of aryl methyl sites for hydroxylation is 1. The predicted molar refractivity (Wildman–Crippen MR) is 128 cm³/mol. The van der Waals surface area contributed by atoms with Crippen molar-refractivity contribution in [3.63, 3.8) is 0 Å². The second kappa shape index (κ2) is 9.21. The molecule has 2 aromatic heterocycles. The van der Waals surface area contributed by atoms with Gasteiger partial charge in [0.2, 0.25) is 11.8 Å². The van der Waals surface area contributed by atoms with Gasteiger partial charge in [0.25, 0.3) is 0 Å². The van der Waals surface area contributed by atoms with Crippen LogP contribution in [-0.4, -0.2) is 45.8 Å². The quantitative estimate of drug-likeness (QED) is 0.573. The van der Waals surface area contributed by atoms with E-state index < -0.39 is 5.60 Å². The molecule has 33 heavy (non-hydrogen) atoms. The molecule has 2 atom stereocenters. The number of fused-ring (bicyclic) bond motifs is 1. The number of amides is 1. The Morgan fingerprint density at radius 1 is 1.12 bits per heavy atom. The van der Waals surface area contributed by atoms with E-state index in [1.54, 1.807) is 13.3 Å². The van der Waals surface area contributed by atoms with Crippen molar-refractivity contribution < 1.29 is 14.3 Å². The fourth-order valence-corrected chi connectivity index (χ4v) is 4.19. The number of nitrogens with zero attached hydrogens (tertiary/aromatic N) is 3. The van der Waals surface area contributed by atoms with E-state index in [0.29, 0.717) is 11.8 Å². The van der Waals surface area contributed by atoms with Crippen LogP contribution in [0, 0.1) is 6.92 Å². The number of anilines is 1. The summed E-state index contributed by atoms with van der Waals surface area (Å²) in [6.07, 6.45) is 3.97. The van der Waals surface area contributed by atoms with Gasteiger partial charge in [-0.15, -0.1) is 0 Å². The van der Waals surface area contributed by atoms with Crippen molar-refractivity contribution in [1.82, 2.24) is 20.3 Å². The van der Waals surface area contributed by atoms with Crippen LogP contribution in [-0.2, 0) is 4.74 Å². The Bertz CT molecular complexity index is 1160. The molecule has 8 heteroatoms. The highest BCUT2D eigenvalue weighted by atomic mass is 16.6. The van der Waals surface area contributed by atoms with Crippen LogP contribution in [0.2, 0.25) is 0 Å². The highest BCUT2D eigenvalue weighted by molar-refractivity contribution is 5.87. The summed E-state index contributed by atoms with van der Waals surface area (Å²) in [6, 6.07) is 10.3. The number of nitrogens with one attached hydrogen (secondary N) is 2. The van der Waals surface area contributed by atoms with Crippen molar-refractivity contribution in [3.8, 4) is 17.0 Å². The second-order valence-electron chi connectivity index (χ2n) is 9.42. The third-order valence-corrected chi connectivity index (χ3v) is 5.65. The lowest BCUT2D eigenvalue weighted by atomic mass is 10.0. The average molecular weight is 450 g/mol. The van der Waals surface area contributed by atoms with Crippen molar-refractivity contribution in [3.05, 3.63) is 42.2 Å². The molecule has 0 aliphatic heterocycles. The van der Waals surface area contributed by atoms with Gasteiger partial charge in [0.05, 0.1) is 18.3 Å². The van der Waals surface area contributed by atoms with Crippen LogP contribution in [0.3, 0.4) is 0 Å². The fraction of sp³-hybridized carbons (Fsp3) is 0.440. The first-order valence-electron chi connectivity index (χ1n) is 11.3. The lowest BCUT2D eigenvalue weighted by molar-refractivity contribution is 0.0505. The van der Waals surface area contributed by atoms with Crippen molar-refractivity contribution in [2.24, 2.45) is 0 Å². The van der Waals surface area contributed by atoms with E-state index >= 15 is 0 Å². The Hall–Kier alpha value is -3.42. The molecule has 0 bridgehead atoms. The first kappa shape index (κ1) is 22.8. The number of alkyl carbamates (subject to hydrolysis) is 1. The molecule has 0 radical (unpaired) electrons. The van der Waals surface area contributed by atoms with Gasteiger partial charge < -0.3 is 20.1 Å². The fourth-order valence-electron chi connectivity index (χ4n) is 4.19. The van der Waals surface area contributed by atoms with Gasteiger partial charge >= 0.3 is 6.09 Å². The van der Waals surface area contributed by atoms with Crippen molar-refractivity contribution in [2.45, 2.75) is 64.6 Å². The van der Waals surface area contributed by atoms with E-state index in [2.05, 4.69) is 21.7 Å². The summed E-state index contributed by atoms with van der Waals surface area (Å²) in [5.74, 6) is 1.19. The molecule has 8 nitrogen and oxygen atoms in total. The number of pyridine rings is 1. The third-order valence-electron chi connectivity index (χ3n) is 5.65. The summed E-state index contributed by atoms with van der Waals surface area (Å²) in [6.45, 7) is 7.57. The monoisotopic (exact) mass is 449 g/mol. The van der Waals surface area contributed by atoms with Crippen molar-refractivity contribution in [1.29, 1.82) is 0 Å². The van der Waals surface area contributed by atoms with Crippen LogP contribution in [0.1, 0.15) is 45.7 Å². The number of hydrogen-bond donors (Lipinski definition) is 2. The molecule has 4 rings (SSSR count). The second-order valence-corrected chi connectivity index (χ2v) is 9.42. The molecule has 1 aliphatic rings. The average Bonchev–Trinajstić information content (AvgIpc) is 3.18. The first-order valence-corrected chi connectivity index (χ1v) is 11.3. The zero-order chi connectivity index (χ0) is 23.6. The minimum Gasteiger partial charge on any atom is -0.481 e. The van der Waals surface area contributed by atoms with E-state index in [0.717, 1.165) is 47.0 Å². The highest BCUT2D eigenvalue weighted by Gasteiger charge is 2.28. The number of aromatic nitrogens is 3. The van der Waals surface area contributed by atoms with E-state index in [9.17, 15) is 4.79 Å². The third kappa shape index (κ3) is 5.50. The predicted octanol–water partition coefficient (Wildman–Crippen LogP) is 4.87. The van der Waals surface area contributed by atoms with E-state index in [-0.39, 0.29) is 18.2 Å². The lowest BCUT2D eigenvalue weighted by Gasteiger charge is -2.22. The van der Waals surface area contributed by atoms with Crippen molar-refractivity contribution >= 4 is 22.9 Å². The number of methoxy groups -OCH3 is 1. The Kier molecular flexibility index (Phi) is 6.35. The molecule has 3 aromatic rings. The zero-order valence-electron chi connectivity index (χ0n) is 19.8. The first-order chi connectivity index (χ1) is 15.7. The molecular formula is C25H31N5O3. The molecule has 1 aliphatic carbocycles. The Morgan fingerprint density at radius 2 is 1.91 bits per heavy atom. The topological polar surface area (TPSA) is 98.3 Å². The molecule has 1 fully saturated rings. The van der Waals surface area contributed by atoms with Gasteiger partial charge in [-0.2, -0.15) is 0 Å². The standard InChI is InChI=1S/C25H31N5O3/c1-15-20-13-16(19-7-6-12-26-22(19)32-5)8-11-21(20)30-23(27-15)28-17-9-10-18(14-17)29-24(31)33-25(2,3)4/h6-8,11-13,17-18H,9-10,14H2,1-5H3,(H,29,31)(H,27,28,30)/t17-,18+/m1/s1. The summed E-state index contributed by atoms with van der Waals surface area (Å²) in [4.78, 5) is 25.8. The van der Waals surface area contributed by atoms with E-state index in [1.807, 2.05) is 52.0 Å².